The molecule has 1 saturated heterocycles. The zero-order valence-electron chi connectivity index (χ0n) is 8.95. The summed E-state index contributed by atoms with van der Waals surface area (Å²) in [5.74, 6) is 1.26. The lowest BCUT2D eigenvalue weighted by Crippen LogP contribution is -2.38. The van der Waals surface area contributed by atoms with E-state index < -0.39 is 0 Å². The van der Waals surface area contributed by atoms with Crippen LogP contribution in [0.2, 0.25) is 0 Å². The summed E-state index contributed by atoms with van der Waals surface area (Å²) in [4.78, 5) is 13.2. The van der Waals surface area contributed by atoms with Gasteiger partial charge in [0.1, 0.15) is 6.29 Å². The van der Waals surface area contributed by atoms with E-state index in [1.807, 2.05) is 0 Å². The van der Waals surface area contributed by atoms with E-state index in [9.17, 15) is 4.79 Å². The first-order chi connectivity index (χ1) is 6.88. The highest BCUT2D eigenvalue weighted by molar-refractivity contribution is 5.53. The lowest BCUT2D eigenvalue weighted by atomic mass is 9.98. The largest absolute Gasteiger partial charge is 0.303 e. The Bertz CT molecular complexity index is 187. The number of likely N-dealkylation sites (tertiary alicyclic amines) is 1. The highest BCUT2D eigenvalue weighted by Gasteiger charge is 2.23. The van der Waals surface area contributed by atoms with Gasteiger partial charge in [-0.25, -0.2) is 0 Å². The standard InChI is InChI=1S/C12H21NO/c14-10-12-6-3-7-13(9-12)8-11-4-1-2-5-11/h10-12H,1-9H2. The predicted octanol–water partition coefficient (Wildman–Crippen LogP) is 2.09. The molecule has 0 aromatic carbocycles. The maximum Gasteiger partial charge on any atom is 0.124 e. The molecule has 1 aliphatic carbocycles. The maximum atomic E-state index is 10.7. The van der Waals surface area contributed by atoms with Crippen LogP contribution in [-0.4, -0.2) is 30.8 Å². The topological polar surface area (TPSA) is 20.3 Å². The zero-order chi connectivity index (χ0) is 9.80. The second-order valence-corrected chi connectivity index (χ2v) is 4.95. The molecule has 2 nitrogen and oxygen atoms in total. The van der Waals surface area contributed by atoms with E-state index in [0.717, 1.165) is 25.2 Å². The Morgan fingerprint density at radius 2 is 1.93 bits per heavy atom. The third kappa shape index (κ3) is 2.57. The summed E-state index contributed by atoms with van der Waals surface area (Å²) in [7, 11) is 0. The van der Waals surface area contributed by atoms with Gasteiger partial charge >= 0.3 is 0 Å². The van der Waals surface area contributed by atoms with Crippen LogP contribution in [0.15, 0.2) is 0 Å². The predicted molar refractivity (Wildman–Crippen MR) is 57.2 cm³/mol. The Balaban J connectivity index is 1.76. The van der Waals surface area contributed by atoms with Crippen LogP contribution in [0, 0.1) is 11.8 Å². The average molecular weight is 195 g/mol. The molecule has 0 aromatic heterocycles. The van der Waals surface area contributed by atoms with Gasteiger partial charge in [0.25, 0.3) is 0 Å². The summed E-state index contributed by atoms with van der Waals surface area (Å²) in [6.45, 7) is 3.51. The van der Waals surface area contributed by atoms with Crippen molar-refractivity contribution in [2.75, 3.05) is 19.6 Å². The van der Waals surface area contributed by atoms with Crippen molar-refractivity contribution in [2.45, 2.75) is 38.5 Å². The van der Waals surface area contributed by atoms with Gasteiger partial charge in [-0.2, -0.15) is 0 Å². The summed E-state index contributed by atoms with van der Waals surface area (Å²) in [5.41, 5.74) is 0. The first-order valence-corrected chi connectivity index (χ1v) is 6.06. The Labute approximate surface area is 86.7 Å². The van der Waals surface area contributed by atoms with Gasteiger partial charge in [0, 0.05) is 19.0 Å². The van der Waals surface area contributed by atoms with E-state index in [0.29, 0.717) is 5.92 Å². The summed E-state index contributed by atoms with van der Waals surface area (Å²) < 4.78 is 0. The van der Waals surface area contributed by atoms with Crippen LogP contribution in [0.4, 0.5) is 0 Å². The van der Waals surface area contributed by atoms with Gasteiger partial charge in [-0.15, -0.1) is 0 Å². The van der Waals surface area contributed by atoms with Crippen molar-refractivity contribution < 1.29 is 4.79 Å². The Hall–Kier alpha value is -0.370. The second kappa shape index (κ2) is 4.92. The smallest absolute Gasteiger partial charge is 0.124 e. The number of piperidine rings is 1. The van der Waals surface area contributed by atoms with Crippen molar-refractivity contribution in [3.05, 3.63) is 0 Å². The number of rotatable bonds is 3. The molecule has 2 fully saturated rings. The molecule has 0 aromatic rings. The summed E-state index contributed by atoms with van der Waals surface area (Å²) in [6.07, 6.45) is 9.18. The molecular weight excluding hydrogens is 174 g/mol. The van der Waals surface area contributed by atoms with Crippen LogP contribution in [-0.2, 0) is 4.79 Å². The molecule has 0 amide bonds. The Morgan fingerprint density at radius 1 is 1.14 bits per heavy atom. The molecular formula is C12H21NO. The van der Waals surface area contributed by atoms with Crippen molar-refractivity contribution in [1.82, 2.24) is 4.90 Å². The molecule has 0 radical (unpaired) electrons. The van der Waals surface area contributed by atoms with E-state index in [1.165, 1.54) is 45.2 Å². The van der Waals surface area contributed by atoms with Gasteiger partial charge in [-0.05, 0) is 38.1 Å². The van der Waals surface area contributed by atoms with Crippen molar-refractivity contribution in [3.63, 3.8) is 0 Å². The van der Waals surface area contributed by atoms with Crippen LogP contribution in [0.3, 0.4) is 0 Å². The number of hydrogen-bond donors (Lipinski definition) is 0. The minimum Gasteiger partial charge on any atom is -0.303 e. The second-order valence-electron chi connectivity index (χ2n) is 4.95. The molecule has 0 spiro atoms. The molecule has 2 rings (SSSR count). The van der Waals surface area contributed by atoms with Gasteiger partial charge in [0.15, 0.2) is 0 Å². The highest BCUT2D eigenvalue weighted by Crippen LogP contribution is 2.26. The first-order valence-electron chi connectivity index (χ1n) is 6.06. The van der Waals surface area contributed by atoms with Crippen molar-refractivity contribution in [3.8, 4) is 0 Å². The quantitative estimate of drug-likeness (QED) is 0.643. The minimum atomic E-state index is 0.324. The fourth-order valence-electron chi connectivity index (χ4n) is 2.93. The van der Waals surface area contributed by atoms with E-state index >= 15 is 0 Å². The first kappa shape index (κ1) is 10.2. The average Bonchev–Trinajstić information content (AvgIpc) is 2.71. The van der Waals surface area contributed by atoms with E-state index in [4.69, 9.17) is 0 Å². The third-order valence-corrected chi connectivity index (χ3v) is 3.73. The number of nitrogens with zero attached hydrogens (tertiary/aromatic N) is 1. The summed E-state index contributed by atoms with van der Waals surface area (Å²) >= 11 is 0. The Morgan fingerprint density at radius 3 is 2.64 bits per heavy atom. The van der Waals surface area contributed by atoms with Crippen LogP contribution in [0.1, 0.15) is 38.5 Å². The van der Waals surface area contributed by atoms with E-state index in [-0.39, 0.29) is 0 Å². The van der Waals surface area contributed by atoms with Crippen LogP contribution in [0.5, 0.6) is 0 Å². The maximum absolute atomic E-state index is 10.7. The molecule has 1 saturated carbocycles. The molecule has 2 aliphatic rings. The molecule has 80 valence electrons. The molecule has 2 heteroatoms. The summed E-state index contributed by atoms with van der Waals surface area (Å²) in [5, 5.41) is 0. The van der Waals surface area contributed by atoms with E-state index in [2.05, 4.69) is 4.90 Å². The molecule has 0 bridgehead atoms. The lowest BCUT2D eigenvalue weighted by Gasteiger charge is -2.31. The number of hydrogen-bond acceptors (Lipinski definition) is 2. The van der Waals surface area contributed by atoms with Crippen molar-refractivity contribution in [1.29, 1.82) is 0 Å². The monoisotopic (exact) mass is 195 g/mol. The number of carbonyl (C=O) groups is 1. The molecule has 1 atom stereocenters. The third-order valence-electron chi connectivity index (χ3n) is 3.73. The number of carbonyl (C=O) groups excluding carboxylic acids is 1. The number of aldehydes is 1. The van der Waals surface area contributed by atoms with Gasteiger partial charge < -0.3 is 9.69 Å². The molecule has 0 N–H and O–H groups in total. The van der Waals surface area contributed by atoms with Gasteiger partial charge in [0.2, 0.25) is 0 Å². The Kier molecular flexibility index (Phi) is 3.57. The normalized spacial score (nSPS) is 30.7. The summed E-state index contributed by atoms with van der Waals surface area (Å²) in [6, 6.07) is 0. The van der Waals surface area contributed by atoms with Crippen molar-refractivity contribution in [2.24, 2.45) is 11.8 Å². The van der Waals surface area contributed by atoms with Gasteiger partial charge in [-0.3, -0.25) is 0 Å². The fraction of sp³-hybridized carbons (Fsp3) is 0.917. The highest BCUT2D eigenvalue weighted by atomic mass is 16.1. The van der Waals surface area contributed by atoms with E-state index in [1.54, 1.807) is 0 Å². The van der Waals surface area contributed by atoms with Gasteiger partial charge in [0.05, 0.1) is 0 Å². The van der Waals surface area contributed by atoms with Crippen LogP contribution < -0.4 is 0 Å². The molecule has 14 heavy (non-hydrogen) atoms. The van der Waals surface area contributed by atoms with Crippen molar-refractivity contribution >= 4 is 6.29 Å². The zero-order valence-corrected chi connectivity index (χ0v) is 8.95. The minimum absolute atomic E-state index is 0.324. The van der Waals surface area contributed by atoms with Crippen LogP contribution in [0.25, 0.3) is 0 Å². The molecule has 1 aliphatic heterocycles. The lowest BCUT2D eigenvalue weighted by molar-refractivity contribution is -0.112. The van der Waals surface area contributed by atoms with Gasteiger partial charge in [-0.1, -0.05) is 12.8 Å². The molecule has 1 unspecified atom stereocenters. The SMILES string of the molecule is O=CC1CCCN(CC2CCCC2)C1. The fourth-order valence-corrected chi connectivity index (χ4v) is 2.93. The molecule has 1 heterocycles. The van der Waals surface area contributed by atoms with Crippen LogP contribution >= 0.6 is 0 Å².